The first-order valence-electron chi connectivity index (χ1n) is 11.7. The third-order valence-corrected chi connectivity index (χ3v) is 6.72. The highest BCUT2D eigenvalue weighted by Crippen LogP contribution is 2.37. The molecule has 1 unspecified atom stereocenters. The lowest BCUT2D eigenvalue weighted by atomic mass is 10.0. The van der Waals surface area contributed by atoms with Crippen molar-refractivity contribution in [1.29, 1.82) is 0 Å². The summed E-state index contributed by atoms with van der Waals surface area (Å²) in [6.07, 6.45) is 4.18. The predicted molar refractivity (Wildman–Crippen MR) is 131 cm³/mol. The fourth-order valence-corrected chi connectivity index (χ4v) is 5.02. The molecule has 6 heteroatoms. The summed E-state index contributed by atoms with van der Waals surface area (Å²) in [5.41, 5.74) is 3.96. The molecule has 4 aromatic rings. The van der Waals surface area contributed by atoms with Gasteiger partial charge in [0, 0.05) is 26.2 Å². The molecule has 1 amide bonds. The zero-order valence-corrected chi connectivity index (χ0v) is 18.9. The van der Waals surface area contributed by atoms with Crippen molar-refractivity contribution in [2.24, 2.45) is 0 Å². The second-order valence-electron chi connectivity index (χ2n) is 8.87. The van der Waals surface area contributed by atoms with Crippen LogP contribution < -0.4 is 9.64 Å². The minimum absolute atomic E-state index is 0.0252. The van der Waals surface area contributed by atoms with Gasteiger partial charge in [-0.3, -0.25) is 4.79 Å². The zero-order valence-electron chi connectivity index (χ0n) is 18.9. The van der Waals surface area contributed by atoms with Gasteiger partial charge in [-0.15, -0.1) is 0 Å². The largest absolute Gasteiger partial charge is 0.455 e. The first-order chi connectivity index (χ1) is 16.8. The van der Waals surface area contributed by atoms with Crippen molar-refractivity contribution in [3.05, 3.63) is 108 Å². The van der Waals surface area contributed by atoms with Gasteiger partial charge in [-0.05, 0) is 35.7 Å². The molecule has 6 rings (SSSR count). The van der Waals surface area contributed by atoms with Crippen molar-refractivity contribution in [2.45, 2.75) is 19.0 Å². The number of rotatable bonds is 3. The van der Waals surface area contributed by atoms with Crippen LogP contribution in [0.15, 0.2) is 91.4 Å². The van der Waals surface area contributed by atoms with Crippen LogP contribution in [0.4, 0.5) is 5.69 Å². The molecule has 2 aliphatic heterocycles. The molecular formula is C28H26N4O2. The van der Waals surface area contributed by atoms with E-state index in [-0.39, 0.29) is 11.9 Å². The van der Waals surface area contributed by atoms with Crippen molar-refractivity contribution < 1.29 is 9.53 Å². The molecular weight excluding hydrogens is 424 g/mol. The molecule has 1 fully saturated rings. The quantitative estimate of drug-likeness (QED) is 0.457. The number of nitrogens with zero attached hydrogens (tertiary/aromatic N) is 4. The van der Waals surface area contributed by atoms with E-state index in [1.165, 1.54) is 0 Å². The monoisotopic (exact) mass is 450 g/mol. The Morgan fingerprint density at radius 3 is 2.56 bits per heavy atom. The molecule has 3 heterocycles. The van der Waals surface area contributed by atoms with E-state index in [9.17, 15) is 4.79 Å². The van der Waals surface area contributed by atoms with Crippen LogP contribution in [0.2, 0.25) is 0 Å². The van der Waals surface area contributed by atoms with Gasteiger partial charge in [0.25, 0.3) is 5.91 Å². The highest BCUT2D eigenvalue weighted by Gasteiger charge is 2.34. The molecule has 6 nitrogen and oxygen atoms in total. The number of carbonyl (C=O) groups excluding carboxylic acids is 1. The van der Waals surface area contributed by atoms with Gasteiger partial charge < -0.3 is 19.1 Å². The third kappa shape index (κ3) is 3.81. The number of aromatic nitrogens is 2. The summed E-state index contributed by atoms with van der Waals surface area (Å²) in [6.45, 7) is 2.78. The van der Waals surface area contributed by atoms with Gasteiger partial charge in [0.2, 0.25) is 0 Å². The fourth-order valence-electron chi connectivity index (χ4n) is 5.02. The van der Waals surface area contributed by atoms with Crippen LogP contribution in [0.3, 0.4) is 0 Å². The van der Waals surface area contributed by atoms with Gasteiger partial charge in [0.15, 0.2) is 5.75 Å². The Labute approximate surface area is 199 Å². The molecule has 2 aliphatic rings. The van der Waals surface area contributed by atoms with Crippen LogP contribution in [0.5, 0.6) is 11.5 Å². The van der Waals surface area contributed by atoms with E-state index >= 15 is 0 Å². The summed E-state index contributed by atoms with van der Waals surface area (Å²) < 4.78 is 8.31. The minimum atomic E-state index is 0.0252. The maximum atomic E-state index is 13.8. The van der Waals surface area contributed by atoms with Crippen molar-refractivity contribution in [1.82, 2.24) is 14.5 Å². The molecule has 1 aromatic heterocycles. The maximum absolute atomic E-state index is 13.8. The van der Waals surface area contributed by atoms with E-state index in [4.69, 9.17) is 4.74 Å². The van der Waals surface area contributed by atoms with Gasteiger partial charge in [-0.25, -0.2) is 4.98 Å². The molecule has 1 atom stereocenters. The van der Waals surface area contributed by atoms with Crippen LogP contribution in [0, 0.1) is 0 Å². The number of fused-ring (bicyclic) bond motifs is 5. The van der Waals surface area contributed by atoms with Gasteiger partial charge in [-0.1, -0.05) is 60.7 Å². The molecule has 0 N–H and O–H groups in total. The summed E-state index contributed by atoms with van der Waals surface area (Å²) in [5.74, 6) is 1.74. The van der Waals surface area contributed by atoms with E-state index in [1.807, 2.05) is 64.1 Å². The summed E-state index contributed by atoms with van der Waals surface area (Å²) in [4.78, 5) is 22.5. The molecule has 0 saturated carbocycles. The van der Waals surface area contributed by atoms with Gasteiger partial charge in [-0.2, -0.15) is 0 Å². The number of para-hydroxylation sites is 3. The number of imidazole rings is 1. The van der Waals surface area contributed by atoms with E-state index in [0.29, 0.717) is 18.8 Å². The highest BCUT2D eigenvalue weighted by atomic mass is 16.5. The lowest BCUT2D eigenvalue weighted by Crippen LogP contribution is -2.56. The Hall–Kier alpha value is -4.06. The second-order valence-corrected chi connectivity index (χ2v) is 8.87. The molecule has 34 heavy (non-hydrogen) atoms. The number of hydrogen-bond donors (Lipinski definition) is 0. The Kier molecular flexibility index (Phi) is 5.26. The number of carbonyl (C=O) groups is 1. The second kappa shape index (κ2) is 8.71. The van der Waals surface area contributed by atoms with Crippen molar-refractivity contribution in [2.75, 3.05) is 24.5 Å². The zero-order chi connectivity index (χ0) is 22.9. The predicted octanol–water partition coefficient (Wildman–Crippen LogP) is 4.61. The number of ether oxygens (including phenoxy) is 1. The Bertz CT molecular complexity index is 1320. The Morgan fingerprint density at radius 1 is 0.912 bits per heavy atom. The van der Waals surface area contributed by atoms with Crippen LogP contribution >= 0.6 is 0 Å². The molecule has 2 bridgehead atoms. The fraction of sp³-hybridized carbons (Fsp3) is 0.214. The normalized spacial score (nSPS) is 17.0. The van der Waals surface area contributed by atoms with Crippen LogP contribution in [0.1, 0.15) is 21.6 Å². The number of hydrogen-bond acceptors (Lipinski definition) is 4. The average Bonchev–Trinajstić information content (AvgIpc) is 3.34. The summed E-state index contributed by atoms with van der Waals surface area (Å²) in [6, 6.07) is 26.5. The topological polar surface area (TPSA) is 50.6 Å². The first kappa shape index (κ1) is 20.5. The summed E-state index contributed by atoms with van der Waals surface area (Å²) in [5, 5.41) is 0. The van der Waals surface area contributed by atoms with Crippen LogP contribution in [0.25, 0.3) is 0 Å². The Morgan fingerprint density at radius 2 is 1.68 bits per heavy atom. The number of benzene rings is 3. The van der Waals surface area contributed by atoms with E-state index in [0.717, 1.165) is 47.8 Å². The molecule has 0 aliphatic carbocycles. The van der Waals surface area contributed by atoms with Crippen LogP contribution in [-0.2, 0) is 13.0 Å². The maximum Gasteiger partial charge on any atom is 0.272 e. The SMILES string of the molecule is O=C(c1cncn1Cc1ccccc1)N1CCN2CC1Cc1ccccc1Oc1ccccc12. The van der Waals surface area contributed by atoms with Gasteiger partial charge in [0.1, 0.15) is 11.4 Å². The third-order valence-electron chi connectivity index (χ3n) is 6.72. The molecule has 0 spiro atoms. The van der Waals surface area contributed by atoms with Gasteiger partial charge in [0.05, 0.1) is 24.3 Å². The molecule has 1 saturated heterocycles. The van der Waals surface area contributed by atoms with Gasteiger partial charge >= 0.3 is 0 Å². The van der Waals surface area contributed by atoms with E-state index in [2.05, 4.69) is 34.1 Å². The average molecular weight is 451 g/mol. The number of piperazine rings is 1. The number of amides is 1. The number of anilines is 1. The van der Waals surface area contributed by atoms with E-state index < -0.39 is 0 Å². The smallest absolute Gasteiger partial charge is 0.272 e. The van der Waals surface area contributed by atoms with Crippen LogP contribution in [-0.4, -0.2) is 46.0 Å². The lowest BCUT2D eigenvalue weighted by molar-refractivity contribution is 0.0646. The summed E-state index contributed by atoms with van der Waals surface area (Å²) >= 11 is 0. The van der Waals surface area contributed by atoms with Crippen molar-refractivity contribution >= 4 is 11.6 Å². The molecule has 170 valence electrons. The Balaban J connectivity index is 1.33. The highest BCUT2D eigenvalue weighted by molar-refractivity contribution is 5.93. The molecule has 0 radical (unpaired) electrons. The molecule has 3 aromatic carbocycles. The summed E-state index contributed by atoms with van der Waals surface area (Å²) in [7, 11) is 0. The van der Waals surface area contributed by atoms with E-state index in [1.54, 1.807) is 12.5 Å². The standard InChI is InChI=1S/C28H26N4O2/c33-28(25-17-29-20-31(25)18-21-8-2-1-3-9-21)32-15-14-30-19-23(32)16-22-10-4-6-12-26(22)34-27-13-7-5-11-24(27)30/h1-13,17,20,23H,14-16,18-19H2. The first-order valence-corrected chi connectivity index (χ1v) is 11.7. The lowest BCUT2D eigenvalue weighted by Gasteiger charge is -2.42. The van der Waals surface area contributed by atoms with Crippen molar-refractivity contribution in [3.63, 3.8) is 0 Å². The van der Waals surface area contributed by atoms with Crippen molar-refractivity contribution in [3.8, 4) is 11.5 Å². The minimum Gasteiger partial charge on any atom is -0.455 e.